The first-order valence-corrected chi connectivity index (χ1v) is 8.21. The minimum Gasteiger partial charge on any atom is -0.383 e. The van der Waals surface area contributed by atoms with Gasteiger partial charge in [0.1, 0.15) is 0 Å². The number of nitrogens with one attached hydrogen (secondary N) is 1. The van der Waals surface area contributed by atoms with E-state index in [1.807, 2.05) is 30.0 Å². The summed E-state index contributed by atoms with van der Waals surface area (Å²) in [7, 11) is 0. The van der Waals surface area contributed by atoms with Crippen LogP contribution in [0.1, 0.15) is 5.56 Å². The summed E-state index contributed by atoms with van der Waals surface area (Å²) in [5, 5.41) is 4.84. The van der Waals surface area contributed by atoms with E-state index in [0.29, 0.717) is 5.25 Å². The van der Waals surface area contributed by atoms with E-state index in [2.05, 4.69) is 45.5 Å². The summed E-state index contributed by atoms with van der Waals surface area (Å²) in [5.74, 6) is 0. The van der Waals surface area contributed by atoms with Crippen LogP contribution in [0, 0.1) is 0 Å². The molecule has 1 aliphatic rings. The van der Waals surface area contributed by atoms with Gasteiger partial charge in [-0.2, -0.15) is 0 Å². The Balaban J connectivity index is 1.63. The van der Waals surface area contributed by atoms with Crippen LogP contribution in [0.2, 0.25) is 5.02 Å². The van der Waals surface area contributed by atoms with Crippen LogP contribution in [0.25, 0.3) is 0 Å². The van der Waals surface area contributed by atoms with Crippen molar-refractivity contribution in [2.75, 3.05) is 11.9 Å². The van der Waals surface area contributed by atoms with E-state index in [1.165, 1.54) is 10.5 Å². The fourth-order valence-electron chi connectivity index (χ4n) is 2.22. The molecule has 0 saturated carbocycles. The predicted octanol–water partition coefficient (Wildman–Crippen LogP) is 5.23. The molecule has 0 spiro atoms. The monoisotopic (exact) mass is 353 g/mol. The van der Waals surface area contributed by atoms with Crippen molar-refractivity contribution in [1.29, 1.82) is 0 Å². The maximum absolute atomic E-state index is 5.94. The first-order chi connectivity index (χ1) is 9.22. The molecule has 0 aliphatic carbocycles. The van der Waals surface area contributed by atoms with Crippen molar-refractivity contribution >= 4 is 45.0 Å². The molecule has 1 atom stereocenters. The molecule has 3 rings (SSSR count). The molecule has 0 radical (unpaired) electrons. The Morgan fingerprint density at radius 3 is 2.89 bits per heavy atom. The molecule has 0 bridgehead atoms. The standard InChI is InChI=1S/C15H13BrClNS/c16-13-8-11(17)5-6-14(13)18-9-12-7-10-3-1-2-4-15(10)19-12/h1-6,8,12,18H,7,9H2. The molecule has 1 unspecified atom stereocenters. The Morgan fingerprint density at radius 1 is 1.26 bits per heavy atom. The summed E-state index contributed by atoms with van der Waals surface area (Å²) in [5.41, 5.74) is 2.57. The first-order valence-electron chi connectivity index (χ1n) is 6.16. The van der Waals surface area contributed by atoms with E-state index in [-0.39, 0.29) is 0 Å². The highest BCUT2D eigenvalue weighted by atomic mass is 79.9. The third-order valence-corrected chi connectivity index (χ3v) is 5.38. The molecule has 0 saturated heterocycles. The van der Waals surface area contributed by atoms with Gasteiger partial charge in [0.05, 0.1) is 0 Å². The molecule has 2 aromatic carbocycles. The highest BCUT2D eigenvalue weighted by Gasteiger charge is 2.21. The number of anilines is 1. The molecular formula is C15H13BrClNS. The molecule has 1 nitrogen and oxygen atoms in total. The van der Waals surface area contributed by atoms with Gasteiger partial charge >= 0.3 is 0 Å². The maximum atomic E-state index is 5.94. The van der Waals surface area contributed by atoms with Crippen LogP contribution in [0.4, 0.5) is 5.69 Å². The van der Waals surface area contributed by atoms with Crippen molar-refractivity contribution in [1.82, 2.24) is 0 Å². The molecule has 2 aromatic rings. The van der Waals surface area contributed by atoms with Crippen molar-refractivity contribution in [3.05, 3.63) is 57.5 Å². The molecule has 1 aliphatic heterocycles. The number of halogens is 2. The van der Waals surface area contributed by atoms with Gasteiger partial charge in [-0.15, -0.1) is 11.8 Å². The third kappa shape index (κ3) is 3.10. The lowest BCUT2D eigenvalue weighted by atomic mass is 10.1. The maximum Gasteiger partial charge on any atom is 0.0486 e. The quantitative estimate of drug-likeness (QED) is 0.810. The van der Waals surface area contributed by atoms with Gasteiger partial charge in [0, 0.05) is 31.9 Å². The van der Waals surface area contributed by atoms with Gasteiger partial charge < -0.3 is 5.32 Å². The largest absolute Gasteiger partial charge is 0.383 e. The molecule has 0 aromatic heterocycles. The summed E-state index contributed by atoms with van der Waals surface area (Å²) < 4.78 is 1.01. The Kier molecular flexibility index (Phi) is 4.06. The Morgan fingerprint density at radius 2 is 2.11 bits per heavy atom. The minimum atomic E-state index is 0.597. The van der Waals surface area contributed by atoms with Gasteiger partial charge in [-0.05, 0) is 52.2 Å². The van der Waals surface area contributed by atoms with Gasteiger partial charge in [-0.25, -0.2) is 0 Å². The molecule has 0 fully saturated rings. The van der Waals surface area contributed by atoms with E-state index >= 15 is 0 Å². The third-order valence-electron chi connectivity index (χ3n) is 3.17. The number of hydrogen-bond acceptors (Lipinski definition) is 2. The van der Waals surface area contributed by atoms with Crippen LogP contribution < -0.4 is 5.32 Å². The smallest absolute Gasteiger partial charge is 0.0486 e. The van der Waals surface area contributed by atoms with E-state index in [4.69, 9.17) is 11.6 Å². The van der Waals surface area contributed by atoms with Crippen LogP contribution >= 0.6 is 39.3 Å². The zero-order valence-corrected chi connectivity index (χ0v) is 13.4. The van der Waals surface area contributed by atoms with Crippen molar-refractivity contribution in [3.8, 4) is 0 Å². The lowest BCUT2D eigenvalue weighted by Gasteiger charge is -2.13. The molecular weight excluding hydrogens is 342 g/mol. The fraction of sp³-hybridized carbons (Fsp3) is 0.200. The Bertz CT molecular complexity index is 577. The predicted molar refractivity (Wildman–Crippen MR) is 87.4 cm³/mol. The zero-order valence-electron chi connectivity index (χ0n) is 10.2. The molecule has 98 valence electrons. The number of benzene rings is 2. The van der Waals surface area contributed by atoms with Crippen LogP contribution in [0.15, 0.2) is 51.8 Å². The highest BCUT2D eigenvalue weighted by molar-refractivity contribution is 9.10. The summed E-state index contributed by atoms with van der Waals surface area (Å²) >= 11 is 11.4. The van der Waals surface area contributed by atoms with E-state index in [9.17, 15) is 0 Å². The van der Waals surface area contributed by atoms with Gasteiger partial charge in [-0.3, -0.25) is 0 Å². The van der Waals surface area contributed by atoms with Crippen molar-refractivity contribution < 1.29 is 0 Å². The Hall–Kier alpha value is -0.640. The second-order valence-electron chi connectivity index (χ2n) is 4.56. The summed E-state index contributed by atoms with van der Waals surface area (Å²) in [6.45, 7) is 0.958. The van der Waals surface area contributed by atoms with Crippen molar-refractivity contribution in [2.24, 2.45) is 0 Å². The van der Waals surface area contributed by atoms with Crippen molar-refractivity contribution in [3.63, 3.8) is 0 Å². The van der Waals surface area contributed by atoms with Crippen molar-refractivity contribution in [2.45, 2.75) is 16.6 Å². The molecule has 0 amide bonds. The van der Waals surface area contributed by atoms with Crippen LogP contribution in [0.3, 0.4) is 0 Å². The first kappa shape index (κ1) is 13.3. The summed E-state index contributed by atoms with van der Waals surface area (Å²) in [4.78, 5) is 1.42. The van der Waals surface area contributed by atoms with Crippen LogP contribution in [0.5, 0.6) is 0 Å². The Labute approximate surface area is 130 Å². The normalized spacial score (nSPS) is 17.3. The summed E-state index contributed by atoms with van der Waals surface area (Å²) in [6.07, 6.45) is 1.14. The highest BCUT2D eigenvalue weighted by Crippen LogP contribution is 2.37. The van der Waals surface area contributed by atoms with E-state index in [0.717, 1.165) is 28.1 Å². The molecule has 4 heteroatoms. The second kappa shape index (κ2) is 5.78. The van der Waals surface area contributed by atoms with E-state index < -0.39 is 0 Å². The zero-order chi connectivity index (χ0) is 13.2. The number of hydrogen-bond donors (Lipinski definition) is 1. The topological polar surface area (TPSA) is 12.0 Å². The average molecular weight is 355 g/mol. The SMILES string of the molecule is Clc1ccc(NCC2Cc3ccccc3S2)c(Br)c1. The van der Waals surface area contributed by atoms with Gasteiger partial charge in [0.25, 0.3) is 0 Å². The summed E-state index contributed by atoms with van der Waals surface area (Å²) in [6, 6.07) is 14.5. The van der Waals surface area contributed by atoms with Gasteiger partial charge in [0.2, 0.25) is 0 Å². The van der Waals surface area contributed by atoms with E-state index in [1.54, 1.807) is 0 Å². The number of rotatable bonds is 3. The average Bonchev–Trinajstić information content (AvgIpc) is 2.80. The van der Waals surface area contributed by atoms with Gasteiger partial charge in [-0.1, -0.05) is 29.8 Å². The number of thioether (sulfide) groups is 1. The molecule has 19 heavy (non-hydrogen) atoms. The number of fused-ring (bicyclic) bond motifs is 1. The van der Waals surface area contributed by atoms with Crippen LogP contribution in [-0.2, 0) is 6.42 Å². The minimum absolute atomic E-state index is 0.597. The fourth-order valence-corrected chi connectivity index (χ4v) is 4.30. The van der Waals surface area contributed by atoms with Gasteiger partial charge in [0.15, 0.2) is 0 Å². The lowest BCUT2D eigenvalue weighted by molar-refractivity contribution is 0.899. The second-order valence-corrected chi connectivity index (χ2v) is 7.19. The molecule has 1 N–H and O–H groups in total. The van der Waals surface area contributed by atoms with Crippen LogP contribution in [-0.4, -0.2) is 11.8 Å². The molecule has 1 heterocycles. The lowest BCUT2D eigenvalue weighted by Crippen LogP contribution is -2.15.